The number of nitrogens with zero attached hydrogens (tertiary/aromatic N) is 2. The van der Waals surface area contributed by atoms with E-state index in [-0.39, 0.29) is 5.91 Å². The third kappa shape index (κ3) is 3.09. The van der Waals surface area contributed by atoms with E-state index in [1.165, 1.54) is 12.8 Å². The second-order valence-corrected chi connectivity index (χ2v) is 7.23. The van der Waals surface area contributed by atoms with Crippen LogP contribution in [0.15, 0.2) is 11.4 Å². The highest BCUT2D eigenvalue weighted by molar-refractivity contribution is 7.09. The number of rotatable bonds is 4. The Labute approximate surface area is 135 Å². The van der Waals surface area contributed by atoms with Crippen LogP contribution in [0.25, 0.3) is 11.3 Å². The SMILES string of the molecule is Cc1nc(-c2cc(C)n(CC(=O)NC3CCCC3)c2C)cs1. The summed E-state index contributed by atoms with van der Waals surface area (Å²) in [6.07, 6.45) is 4.72. The molecule has 4 nitrogen and oxygen atoms in total. The van der Waals surface area contributed by atoms with Crippen LogP contribution in [-0.4, -0.2) is 21.5 Å². The molecule has 0 atom stereocenters. The monoisotopic (exact) mass is 317 g/mol. The molecule has 0 aliphatic heterocycles. The smallest absolute Gasteiger partial charge is 0.240 e. The van der Waals surface area contributed by atoms with Crippen LogP contribution >= 0.6 is 11.3 Å². The predicted molar refractivity (Wildman–Crippen MR) is 90.1 cm³/mol. The number of hydrogen-bond acceptors (Lipinski definition) is 3. The van der Waals surface area contributed by atoms with Gasteiger partial charge in [0.15, 0.2) is 0 Å². The molecule has 2 aromatic heterocycles. The van der Waals surface area contributed by atoms with E-state index in [1.54, 1.807) is 11.3 Å². The lowest BCUT2D eigenvalue weighted by Crippen LogP contribution is -2.35. The number of aromatic nitrogens is 2. The molecule has 0 saturated heterocycles. The fourth-order valence-electron chi connectivity index (χ4n) is 3.28. The van der Waals surface area contributed by atoms with Crippen LogP contribution in [0.3, 0.4) is 0 Å². The zero-order valence-corrected chi connectivity index (χ0v) is 14.3. The lowest BCUT2D eigenvalue weighted by molar-refractivity contribution is -0.122. The van der Waals surface area contributed by atoms with Crippen molar-refractivity contribution in [2.24, 2.45) is 0 Å². The summed E-state index contributed by atoms with van der Waals surface area (Å²) in [7, 11) is 0. The van der Waals surface area contributed by atoms with Crippen LogP contribution in [0.1, 0.15) is 42.1 Å². The Morgan fingerprint density at radius 1 is 1.36 bits per heavy atom. The molecule has 1 fully saturated rings. The molecule has 0 radical (unpaired) electrons. The maximum absolute atomic E-state index is 12.3. The standard InChI is InChI=1S/C17H23N3OS/c1-11-8-15(16-10-22-13(3)18-16)12(2)20(11)9-17(21)19-14-6-4-5-7-14/h8,10,14H,4-7,9H2,1-3H3,(H,19,21). The zero-order chi connectivity index (χ0) is 15.7. The topological polar surface area (TPSA) is 46.9 Å². The van der Waals surface area contributed by atoms with Gasteiger partial charge in [0.1, 0.15) is 6.54 Å². The van der Waals surface area contributed by atoms with Gasteiger partial charge < -0.3 is 9.88 Å². The molecule has 118 valence electrons. The summed E-state index contributed by atoms with van der Waals surface area (Å²) in [4.78, 5) is 16.8. The Morgan fingerprint density at radius 3 is 2.73 bits per heavy atom. The number of aryl methyl sites for hydroxylation is 2. The first-order valence-corrected chi connectivity index (χ1v) is 8.81. The van der Waals surface area contributed by atoms with Crippen molar-refractivity contribution in [2.75, 3.05) is 0 Å². The van der Waals surface area contributed by atoms with Crippen LogP contribution in [0, 0.1) is 20.8 Å². The summed E-state index contributed by atoms with van der Waals surface area (Å²) in [5.74, 6) is 0.120. The molecule has 0 bridgehead atoms. The molecule has 1 N–H and O–H groups in total. The minimum atomic E-state index is 0.120. The van der Waals surface area contributed by atoms with Gasteiger partial charge in [-0.3, -0.25) is 4.79 Å². The highest BCUT2D eigenvalue weighted by atomic mass is 32.1. The Hall–Kier alpha value is -1.62. The molecule has 3 rings (SSSR count). The van der Waals surface area contributed by atoms with Gasteiger partial charge in [-0.1, -0.05) is 12.8 Å². The summed E-state index contributed by atoms with van der Waals surface area (Å²) in [6, 6.07) is 2.51. The lowest BCUT2D eigenvalue weighted by atomic mass is 10.2. The second-order valence-electron chi connectivity index (χ2n) is 6.17. The molecule has 2 heterocycles. The van der Waals surface area contributed by atoms with Crippen LogP contribution in [0.5, 0.6) is 0 Å². The van der Waals surface area contributed by atoms with E-state index in [4.69, 9.17) is 0 Å². The van der Waals surface area contributed by atoms with E-state index in [9.17, 15) is 4.79 Å². The van der Waals surface area contributed by atoms with Crippen molar-refractivity contribution in [2.45, 2.75) is 59.0 Å². The van der Waals surface area contributed by atoms with Gasteiger partial charge in [-0.25, -0.2) is 4.98 Å². The third-order valence-electron chi connectivity index (χ3n) is 4.49. The van der Waals surface area contributed by atoms with Gasteiger partial charge in [0.05, 0.1) is 10.7 Å². The molecule has 5 heteroatoms. The molecule has 1 amide bonds. The first-order valence-electron chi connectivity index (χ1n) is 7.93. The van der Waals surface area contributed by atoms with E-state index in [0.717, 1.165) is 40.5 Å². The lowest BCUT2D eigenvalue weighted by Gasteiger charge is -2.14. The quantitative estimate of drug-likeness (QED) is 0.936. The molecule has 22 heavy (non-hydrogen) atoms. The number of nitrogens with one attached hydrogen (secondary N) is 1. The van der Waals surface area contributed by atoms with Gasteiger partial charge in [-0.15, -0.1) is 11.3 Å². The Kier molecular flexibility index (Phi) is 4.34. The maximum Gasteiger partial charge on any atom is 0.240 e. The number of hydrogen-bond donors (Lipinski definition) is 1. The molecule has 2 aromatic rings. The molecular formula is C17H23N3OS. The number of carbonyl (C=O) groups is 1. The van der Waals surface area contributed by atoms with E-state index >= 15 is 0 Å². The highest BCUT2D eigenvalue weighted by Crippen LogP contribution is 2.28. The summed E-state index contributed by atoms with van der Waals surface area (Å²) < 4.78 is 2.09. The van der Waals surface area contributed by atoms with Crippen molar-refractivity contribution >= 4 is 17.2 Å². The van der Waals surface area contributed by atoms with Gasteiger partial charge in [0.2, 0.25) is 5.91 Å². The minimum absolute atomic E-state index is 0.120. The van der Waals surface area contributed by atoms with Crippen LogP contribution in [0.2, 0.25) is 0 Å². The first kappa shape index (κ1) is 15.3. The van der Waals surface area contributed by atoms with Crippen molar-refractivity contribution in [1.29, 1.82) is 0 Å². The highest BCUT2D eigenvalue weighted by Gasteiger charge is 2.19. The third-order valence-corrected chi connectivity index (χ3v) is 5.26. The van der Waals surface area contributed by atoms with Crippen molar-refractivity contribution < 1.29 is 4.79 Å². The molecule has 1 saturated carbocycles. The van der Waals surface area contributed by atoms with Gasteiger partial charge in [0, 0.05) is 28.4 Å². The van der Waals surface area contributed by atoms with Gasteiger partial charge in [0.25, 0.3) is 0 Å². The number of thiazole rings is 1. The van der Waals surface area contributed by atoms with E-state index in [0.29, 0.717) is 12.6 Å². The van der Waals surface area contributed by atoms with Crippen molar-refractivity contribution in [3.05, 3.63) is 27.8 Å². The van der Waals surface area contributed by atoms with Crippen LogP contribution < -0.4 is 5.32 Å². The van der Waals surface area contributed by atoms with Gasteiger partial charge >= 0.3 is 0 Å². The Bertz CT molecular complexity index is 680. The largest absolute Gasteiger partial charge is 0.352 e. The van der Waals surface area contributed by atoms with E-state index in [1.807, 2.05) is 6.92 Å². The average molecular weight is 317 g/mol. The Balaban J connectivity index is 1.76. The molecule has 0 aromatic carbocycles. The fourth-order valence-corrected chi connectivity index (χ4v) is 3.89. The van der Waals surface area contributed by atoms with Crippen molar-refractivity contribution in [3.63, 3.8) is 0 Å². The normalized spacial score (nSPS) is 15.4. The Morgan fingerprint density at radius 2 is 2.09 bits per heavy atom. The second kappa shape index (κ2) is 6.24. The molecule has 1 aliphatic rings. The van der Waals surface area contributed by atoms with Gasteiger partial charge in [-0.2, -0.15) is 0 Å². The molecule has 0 unspecified atom stereocenters. The van der Waals surface area contributed by atoms with Crippen LogP contribution in [-0.2, 0) is 11.3 Å². The minimum Gasteiger partial charge on any atom is -0.352 e. The summed E-state index contributed by atoms with van der Waals surface area (Å²) in [6.45, 7) is 6.54. The molecule has 1 aliphatic carbocycles. The average Bonchev–Trinajstić information content (AvgIpc) is 3.17. The predicted octanol–water partition coefficient (Wildman–Crippen LogP) is 3.60. The summed E-state index contributed by atoms with van der Waals surface area (Å²) in [5, 5.41) is 6.31. The number of amides is 1. The van der Waals surface area contributed by atoms with E-state index in [2.05, 4.69) is 40.2 Å². The molecule has 0 spiro atoms. The fraction of sp³-hybridized carbons (Fsp3) is 0.529. The van der Waals surface area contributed by atoms with Crippen molar-refractivity contribution in [3.8, 4) is 11.3 Å². The first-order chi connectivity index (χ1) is 10.5. The van der Waals surface area contributed by atoms with Crippen LogP contribution in [0.4, 0.5) is 0 Å². The number of carbonyl (C=O) groups excluding carboxylic acids is 1. The molecular weight excluding hydrogens is 294 g/mol. The maximum atomic E-state index is 12.3. The zero-order valence-electron chi connectivity index (χ0n) is 13.5. The van der Waals surface area contributed by atoms with Gasteiger partial charge in [-0.05, 0) is 39.7 Å². The van der Waals surface area contributed by atoms with Crippen molar-refractivity contribution in [1.82, 2.24) is 14.9 Å². The van der Waals surface area contributed by atoms with E-state index < -0.39 is 0 Å². The summed E-state index contributed by atoms with van der Waals surface area (Å²) in [5.41, 5.74) is 4.37. The summed E-state index contributed by atoms with van der Waals surface area (Å²) >= 11 is 1.66.